The second-order valence-electron chi connectivity index (χ2n) is 5.67. The van der Waals surface area contributed by atoms with Crippen LogP contribution < -0.4 is 5.32 Å². The van der Waals surface area contributed by atoms with Gasteiger partial charge >= 0.3 is 0 Å². The summed E-state index contributed by atoms with van der Waals surface area (Å²) in [6.07, 6.45) is 1.77. The van der Waals surface area contributed by atoms with Crippen LogP contribution in [0.15, 0.2) is 24.4 Å². The van der Waals surface area contributed by atoms with Gasteiger partial charge in [-0.05, 0) is 24.1 Å². The van der Waals surface area contributed by atoms with Crippen molar-refractivity contribution in [2.45, 2.75) is 26.3 Å². The molecule has 1 heterocycles. The molecule has 0 bridgehead atoms. The average Bonchev–Trinajstić information content (AvgIpc) is 2.87. The van der Waals surface area contributed by atoms with Gasteiger partial charge in [-0.3, -0.25) is 9.48 Å². The van der Waals surface area contributed by atoms with Gasteiger partial charge in [-0.15, -0.1) is 0 Å². The van der Waals surface area contributed by atoms with Crippen molar-refractivity contribution >= 4 is 29.1 Å². The lowest BCUT2D eigenvalue weighted by Gasteiger charge is -2.24. The normalized spacial score (nSPS) is 12.5. The summed E-state index contributed by atoms with van der Waals surface area (Å²) >= 11 is 12.1. The Labute approximate surface area is 144 Å². The number of rotatable bonds is 5. The summed E-state index contributed by atoms with van der Waals surface area (Å²) in [6, 6.07) is 3.85. The van der Waals surface area contributed by atoms with E-state index in [2.05, 4.69) is 10.4 Å². The van der Waals surface area contributed by atoms with E-state index in [0.29, 0.717) is 0 Å². The van der Waals surface area contributed by atoms with E-state index < -0.39 is 11.9 Å². The molecule has 0 saturated carbocycles. The molecule has 1 aromatic carbocycles. The van der Waals surface area contributed by atoms with Crippen LogP contribution in [0.1, 0.15) is 31.1 Å². The van der Waals surface area contributed by atoms with Crippen molar-refractivity contribution in [3.8, 4) is 0 Å². The summed E-state index contributed by atoms with van der Waals surface area (Å²) in [7, 11) is 1.76. The first-order chi connectivity index (χ1) is 10.8. The Morgan fingerprint density at radius 3 is 2.61 bits per heavy atom. The van der Waals surface area contributed by atoms with E-state index in [0.717, 1.165) is 5.69 Å². The summed E-state index contributed by atoms with van der Waals surface area (Å²) < 4.78 is 15.8. The van der Waals surface area contributed by atoms with Gasteiger partial charge < -0.3 is 5.32 Å². The van der Waals surface area contributed by atoms with E-state index in [1.807, 2.05) is 13.8 Å². The van der Waals surface area contributed by atoms with E-state index in [1.165, 1.54) is 12.1 Å². The Balaban J connectivity index is 2.25. The number of nitrogens with one attached hydrogen (secondary N) is 1. The average molecular weight is 358 g/mol. The van der Waals surface area contributed by atoms with Crippen LogP contribution >= 0.6 is 23.2 Å². The third-order valence-corrected chi connectivity index (χ3v) is 4.46. The largest absolute Gasteiger partial charge is 0.349 e. The molecule has 4 nitrogen and oxygen atoms in total. The molecule has 1 unspecified atom stereocenters. The number of hydrogen-bond donors (Lipinski definition) is 1. The number of carbonyl (C=O) groups is 1. The van der Waals surface area contributed by atoms with Gasteiger partial charge in [0, 0.05) is 24.5 Å². The highest BCUT2D eigenvalue weighted by Gasteiger charge is 2.25. The fourth-order valence-corrected chi connectivity index (χ4v) is 2.80. The molecule has 2 rings (SSSR count). The number of halogens is 3. The maximum absolute atomic E-state index is 14.2. The fourth-order valence-electron chi connectivity index (χ4n) is 2.36. The predicted octanol–water partition coefficient (Wildman–Crippen LogP) is 3.92. The summed E-state index contributed by atoms with van der Waals surface area (Å²) in [5, 5.41) is 7.25. The van der Waals surface area contributed by atoms with E-state index in [9.17, 15) is 9.18 Å². The Kier molecular flexibility index (Phi) is 5.65. The fraction of sp³-hybridized carbons (Fsp3) is 0.375. The lowest BCUT2D eigenvalue weighted by molar-refractivity contribution is -0.121. The molecule has 2 aromatic rings. The molecule has 1 aromatic heterocycles. The SMILES string of the molecule is CC(C)C(NC(=O)Cc1ccnn1C)c1c(F)ccc(Cl)c1Cl. The van der Waals surface area contributed by atoms with Crippen LogP contribution in [-0.2, 0) is 18.3 Å². The number of aromatic nitrogens is 2. The molecule has 0 aliphatic heterocycles. The third kappa shape index (κ3) is 4.03. The van der Waals surface area contributed by atoms with Crippen LogP contribution in [-0.4, -0.2) is 15.7 Å². The minimum absolute atomic E-state index is 0.0593. The van der Waals surface area contributed by atoms with Crippen LogP contribution in [0.5, 0.6) is 0 Å². The molecule has 1 amide bonds. The highest BCUT2D eigenvalue weighted by atomic mass is 35.5. The molecule has 0 fully saturated rings. The summed E-state index contributed by atoms with van der Waals surface area (Å²) in [5.41, 5.74) is 0.982. The Bertz CT molecular complexity index is 715. The van der Waals surface area contributed by atoms with Crippen LogP contribution in [0.2, 0.25) is 10.0 Å². The molecule has 0 spiro atoms. The first kappa shape index (κ1) is 17.8. The van der Waals surface area contributed by atoms with Gasteiger partial charge in [-0.1, -0.05) is 37.0 Å². The zero-order valence-electron chi connectivity index (χ0n) is 13.1. The van der Waals surface area contributed by atoms with Gasteiger partial charge in [0.2, 0.25) is 5.91 Å². The van der Waals surface area contributed by atoms with E-state index in [1.54, 1.807) is 24.0 Å². The van der Waals surface area contributed by atoms with E-state index in [-0.39, 0.29) is 33.9 Å². The smallest absolute Gasteiger partial charge is 0.226 e. The van der Waals surface area contributed by atoms with Crippen molar-refractivity contribution in [1.82, 2.24) is 15.1 Å². The zero-order chi connectivity index (χ0) is 17.1. The quantitative estimate of drug-likeness (QED) is 0.824. The lowest BCUT2D eigenvalue weighted by Crippen LogP contribution is -2.34. The highest BCUT2D eigenvalue weighted by Crippen LogP contribution is 2.35. The zero-order valence-corrected chi connectivity index (χ0v) is 14.6. The van der Waals surface area contributed by atoms with Crippen LogP contribution in [0.4, 0.5) is 4.39 Å². The molecular formula is C16H18Cl2FN3O. The predicted molar refractivity (Wildman–Crippen MR) is 89.1 cm³/mol. The van der Waals surface area contributed by atoms with Gasteiger partial charge in [0.05, 0.1) is 22.5 Å². The first-order valence-electron chi connectivity index (χ1n) is 7.21. The third-order valence-electron chi connectivity index (χ3n) is 3.64. The van der Waals surface area contributed by atoms with Crippen LogP contribution in [0.3, 0.4) is 0 Å². The maximum atomic E-state index is 14.2. The Morgan fingerprint density at radius 1 is 1.35 bits per heavy atom. The van der Waals surface area contributed by atoms with Crippen molar-refractivity contribution in [2.24, 2.45) is 13.0 Å². The lowest BCUT2D eigenvalue weighted by atomic mass is 9.95. The van der Waals surface area contributed by atoms with Crippen LogP contribution in [0, 0.1) is 11.7 Å². The van der Waals surface area contributed by atoms with Gasteiger partial charge in [-0.2, -0.15) is 5.10 Å². The topological polar surface area (TPSA) is 46.9 Å². The number of amides is 1. The van der Waals surface area contributed by atoms with E-state index in [4.69, 9.17) is 23.2 Å². The maximum Gasteiger partial charge on any atom is 0.226 e. The second kappa shape index (κ2) is 7.32. The van der Waals surface area contributed by atoms with Crippen molar-refractivity contribution in [2.75, 3.05) is 0 Å². The molecule has 124 valence electrons. The monoisotopic (exact) mass is 357 g/mol. The molecule has 1 N–H and O–H groups in total. The molecule has 7 heteroatoms. The number of benzene rings is 1. The summed E-state index contributed by atoms with van der Waals surface area (Å²) in [6.45, 7) is 3.76. The van der Waals surface area contributed by atoms with Crippen molar-refractivity contribution in [3.05, 3.63) is 51.5 Å². The highest BCUT2D eigenvalue weighted by molar-refractivity contribution is 6.42. The van der Waals surface area contributed by atoms with Crippen molar-refractivity contribution in [3.63, 3.8) is 0 Å². The van der Waals surface area contributed by atoms with Gasteiger partial charge in [0.1, 0.15) is 5.82 Å². The minimum atomic E-state index is -0.568. The van der Waals surface area contributed by atoms with E-state index >= 15 is 0 Å². The minimum Gasteiger partial charge on any atom is -0.349 e. The second-order valence-corrected chi connectivity index (χ2v) is 6.45. The van der Waals surface area contributed by atoms with Gasteiger partial charge in [-0.25, -0.2) is 4.39 Å². The Hall–Kier alpha value is -1.59. The standard InChI is InChI=1S/C16H18Cl2FN3O/c1-9(2)16(14-12(19)5-4-11(17)15(14)18)21-13(23)8-10-6-7-20-22(10)3/h4-7,9,16H,8H2,1-3H3,(H,21,23). The number of aryl methyl sites for hydroxylation is 1. The van der Waals surface area contributed by atoms with Crippen LogP contribution in [0.25, 0.3) is 0 Å². The van der Waals surface area contributed by atoms with Crippen molar-refractivity contribution < 1.29 is 9.18 Å². The molecule has 0 aliphatic carbocycles. The summed E-state index contributed by atoms with van der Waals surface area (Å²) in [4.78, 5) is 12.3. The molecule has 0 radical (unpaired) electrons. The first-order valence-corrected chi connectivity index (χ1v) is 7.96. The Morgan fingerprint density at radius 2 is 2.04 bits per heavy atom. The molecule has 0 saturated heterocycles. The number of nitrogens with zero attached hydrogens (tertiary/aromatic N) is 2. The molecule has 23 heavy (non-hydrogen) atoms. The molecular weight excluding hydrogens is 340 g/mol. The van der Waals surface area contributed by atoms with Gasteiger partial charge in [0.25, 0.3) is 0 Å². The number of carbonyl (C=O) groups excluding carboxylic acids is 1. The number of hydrogen-bond acceptors (Lipinski definition) is 2. The van der Waals surface area contributed by atoms with Crippen molar-refractivity contribution in [1.29, 1.82) is 0 Å². The summed E-state index contributed by atoms with van der Waals surface area (Å²) in [5.74, 6) is -0.780. The molecule has 1 atom stereocenters. The van der Waals surface area contributed by atoms with Gasteiger partial charge in [0.15, 0.2) is 0 Å². The molecule has 0 aliphatic rings.